The number of benzene rings is 1. The number of rotatable bonds is 7. The van der Waals surface area contributed by atoms with Crippen molar-refractivity contribution >= 4 is 27.1 Å². The molecule has 0 aliphatic heterocycles. The summed E-state index contributed by atoms with van der Waals surface area (Å²) in [6.45, 7) is 3.45. The highest BCUT2D eigenvalue weighted by atomic mass is 32.2. The normalized spacial score (nSPS) is 12.7. The summed E-state index contributed by atoms with van der Waals surface area (Å²) in [6.07, 6.45) is 0.452. The molecule has 0 bridgehead atoms. The molecular weight excluding hydrogens is 292 g/mol. The van der Waals surface area contributed by atoms with E-state index in [1.807, 2.05) is 0 Å². The third-order valence-electron chi connectivity index (χ3n) is 3.33. The third-order valence-corrected chi connectivity index (χ3v) is 5.67. The second-order valence-corrected chi connectivity index (χ2v) is 7.38. The van der Waals surface area contributed by atoms with Crippen molar-refractivity contribution in [2.45, 2.75) is 31.9 Å². The Morgan fingerprint density at radius 3 is 2.62 bits per heavy atom. The second kappa shape index (κ2) is 7.31. The number of nitrogens with two attached hydrogens (primary N) is 1. The molecule has 0 aliphatic carbocycles. The monoisotopic (exact) mass is 314 g/mol. The van der Waals surface area contributed by atoms with Crippen LogP contribution in [0.3, 0.4) is 0 Å². The Balaban J connectivity index is 2.63. The fourth-order valence-corrected chi connectivity index (χ4v) is 3.06. The van der Waals surface area contributed by atoms with Crippen molar-refractivity contribution in [3.05, 3.63) is 18.2 Å². The molecule has 3 N–H and O–H groups in total. The SMILES string of the molecule is CCC(C)S(=O)(=O)CCC(=O)Nc1ccc(OC)cc1N. The number of nitrogen functional groups attached to an aromatic ring is 1. The molecule has 0 aromatic heterocycles. The van der Waals surface area contributed by atoms with Gasteiger partial charge < -0.3 is 15.8 Å². The molecule has 1 atom stereocenters. The molecule has 0 aliphatic rings. The summed E-state index contributed by atoms with van der Waals surface area (Å²) in [6, 6.07) is 4.88. The average molecular weight is 314 g/mol. The van der Waals surface area contributed by atoms with Crippen LogP contribution in [0.15, 0.2) is 18.2 Å². The summed E-state index contributed by atoms with van der Waals surface area (Å²) in [5.41, 5.74) is 6.60. The van der Waals surface area contributed by atoms with E-state index in [4.69, 9.17) is 10.5 Å². The molecule has 1 rings (SSSR count). The number of sulfone groups is 1. The van der Waals surface area contributed by atoms with E-state index < -0.39 is 15.1 Å². The number of carbonyl (C=O) groups excluding carboxylic acids is 1. The Morgan fingerprint density at radius 2 is 2.10 bits per heavy atom. The van der Waals surface area contributed by atoms with Gasteiger partial charge in [0.05, 0.1) is 29.5 Å². The first-order valence-electron chi connectivity index (χ1n) is 6.75. The lowest BCUT2D eigenvalue weighted by molar-refractivity contribution is -0.115. The Kier molecular flexibility index (Phi) is 6.02. The van der Waals surface area contributed by atoms with Gasteiger partial charge in [-0.15, -0.1) is 0 Å². The van der Waals surface area contributed by atoms with Gasteiger partial charge in [0.15, 0.2) is 9.84 Å². The van der Waals surface area contributed by atoms with Gasteiger partial charge >= 0.3 is 0 Å². The van der Waals surface area contributed by atoms with Crippen LogP contribution >= 0.6 is 0 Å². The molecule has 1 aromatic carbocycles. The molecule has 1 unspecified atom stereocenters. The number of ether oxygens (including phenoxy) is 1. The third kappa shape index (κ3) is 4.93. The fraction of sp³-hybridized carbons (Fsp3) is 0.500. The van der Waals surface area contributed by atoms with Crippen molar-refractivity contribution < 1.29 is 17.9 Å². The van der Waals surface area contributed by atoms with Gasteiger partial charge in [0.1, 0.15) is 5.75 Å². The van der Waals surface area contributed by atoms with Crippen molar-refractivity contribution in [3.8, 4) is 5.75 Å². The molecule has 1 aromatic rings. The summed E-state index contributed by atoms with van der Waals surface area (Å²) >= 11 is 0. The quantitative estimate of drug-likeness (QED) is 0.748. The summed E-state index contributed by atoms with van der Waals surface area (Å²) < 4.78 is 28.7. The molecule has 0 heterocycles. The topological polar surface area (TPSA) is 98.5 Å². The number of carbonyl (C=O) groups is 1. The van der Waals surface area contributed by atoms with E-state index in [9.17, 15) is 13.2 Å². The van der Waals surface area contributed by atoms with E-state index in [1.165, 1.54) is 7.11 Å². The lowest BCUT2D eigenvalue weighted by atomic mass is 10.2. The van der Waals surface area contributed by atoms with Crippen molar-refractivity contribution in [3.63, 3.8) is 0 Å². The van der Waals surface area contributed by atoms with Gasteiger partial charge in [-0.2, -0.15) is 0 Å². The number of amides is 1. The number of hydrogen-bond acceptors (Lipinski definition) is 5. The first kappa shape index (κ1) is 17.3. The fourth-order valence-electron chi connectivity index (χ4n) is 1.68. The van der Waals surface area contributed by atoms with Gasteiger partial charge in [-0.3, -0.25) is 4.79 Å². The van der Waals surface area contributed by atoms with Crippen molar-refractivity contribution in [2.75, 3.05) is 23.9 Å². The van der Waals surface area contributed by atoms with E-state index in [2.05, 4.69) is 5.32 Å². The molecule has 1 amide bonds. The summed E-state index contributed by atoms with van der Waals surface area (Å²) in [5.74, 6) is 0.0489. The van der Waals surface area contributed by atoms with Gasteiger partial charge in [-0.25, -0.2) is 8.42 Å². The van der Waals surface area contributed by atoms with Gasteiger partial charge in [0.25, 0.3) is 0 Å². The number of methoxy groups -OCH3 is 1. The summed E-state index contributed by atoms with van der Waals surface area (Å²) in [4.78, 5) is 11.8. The molecule has 0 saturated heterocycles. The summed E-state index contributed by atoms with van der Waals surface area (Å²) in [7, 11) is -1.71. The van der Waals surface area contributed by atoms with Crippen LogP contribution in [0, 0.1) is 0 Å². The molecule has 0 radical (unpaired) electrons. The van der Waals surface area contributed by atoms with Crippen LogP contribution in [-0.4, -0.2) is 32.4 Å². The van der Waals surface area contributed by atoms with E-state index in [0.29, 0.717) is 23.5 Å². The standard InChI is InChI=1S/C14H22N2O4S/c1-4-10(2)21(18,19)8-7-14(17)16-13-6-5-11(20-3)9-12(13)15/h5-6,9-10H,4,7-8,15H2,1-3H3,(H,16,17). The molecular formula is C14H22N2O4S. The lowest BCUT2D eigenvalue weighted by Gasteiger charge is -2.12. The first-order chi connectivity index (χ1) is 9.80. The lowest BCUT2D eigenvalue weighted by Crippen LogP contribution is -2.24. The van der Waals surface area contributed by atoms with E-state index in [0.717, 1.165) is 0 Å². The maximum atomic E-state index is 11.8. The molecule has 6 nitrogen and oxygen atoms in total. The van der Waals surface area contributed by atoms with Crippen molar-refractivity contribution in [1.29, 1.82) is 0 Å². The van der Waals surface area contributed by atoms with Crippen molar-refractivity contribution in [2.24, 2.45) is 0 Å². The molecule has 7 heteroatoms. The first-order valence-corrected chi connectivity index (χ1v) is 8.46. The zero-order valence-electron chi connectivity index (χ0n) is 12.5. The Morgan fingerprint density at radius 1 is 1.43 bits per heavy atom. The van der Waals surface area contributed by atoms with E-state index >= 15 is 0 Å². The van der Waals surface area contributed by atoms with Crippen LogP contribution in [-0.2, 0) is 14.6 Å². The molecule has 0 saturated carbocycles. The zero-order chi connectivity index (χ0) is 16.0. The number of nitrogens with one attached hydrogen (secondary N) is 1. The minimum atomic E-state index is -3.23. The minimum absolute atomic E-state index is 0.0852. The molecule has 118 valence electrons. The van der Waals surface area contributed by atoms with Gasteiger partial charge in [-0.05, 0) is 25.5 Å². The second-order valence-electron chi connectivity index (χ2n) is 4.84. The van der Waals surface area contributed by atoms with Gasteiger partial charge in [0, 0.05) is 12.5 Å². The highest BCUT2D eigenvalue weighted by Crippen LogP contribution is 2.24. The summed E-state index contributed by atoms with van der Waals surface area (Å²) in [5, 5.41) is 2.17. The predicted molar refractivity (Wildman–Crippen MR) is 84.2 cm³/mol. The predicted octanol–water partition coefficient (Wildman–Crippen LogP) is 1.82. The zero-order valence-corrected chi connectivity index (χ0v) is 13.4. The van der Waals surface area contributed by atoms with Crippen LogP contribution in [0.4, 0.5) is 11.4 Å². The molecule has 0 fully saturated rings. The Hall–Kier alpha value is -1.76. The maximum absolute atomic E-state index is 11.8. The largest absolute Gasteiger partial charge is 0.497 e. The number of hydrogen-bond donors (Lipinski definition) is 2. The van der Waals surface area contributed by atoms with Gasteiger partial charge in [-0.1, -0.05) is 6.92 Å². The van der Waals surface area contributed by atoms with Crippen LogP contribution in [0.2, 0.25) is 0 Å². The highest BCUT2D eigenvalue weighted by Gasteiger charge is 2.20. The smallest absolute Gasteiger partial charge is 0.225 e. The maximum Gasteiger partial charge on any atom is 0.225 e. The van der Waals surface area contributed by atoms with Crippen LogP contribution in [0.1, 0.15) is 26.7 Å². The Labute approximate surface area is 125 Å². The minimum Gasteiger partial charge on any atom is -0.497 e. The van der Waals surface area contributed by atoms with Crippen LogP contribution in [0.5, 0.6) is 5.75 Å². The van der Waals surface area contributed by atoms with Crippen molar-refractivity contribution in [1.82, 2.24) is 0 Å². The van der Waals surface area contributed by atoms with E-state index in [1.54, 1.807) is 32.0 Å². The van der Waals surface area contributed by atoms with E-state index in [-0.39, 0.29) is 18.1 Å². The Bertz CT molecular complexity index is 599. The number of anilines is 2. The highest BCUT2D eigenvalue weighted by molar-refractivity contribution is 7.92. The van der Waals surface area contributed by atoms with Gasteiger partial charge in [0.2, 0.25) is 5.91 Å². The molecule has 0 spiro atoms. The molecule has 21 heavy (non-hydrogen) atoms. The van der Waals surface area contributed by atoms with Crippen LogP contribution in [0.25, 0.3) is 0 Å². The van der Waals surface area contributed by atoms with Crippen LogP contribution < -0.4 is 15.8 Å². The average Bonchev–Trinajstić information content (AvgIpc) is 2.46.